The van der Waals surface area contributed by atoms with E-state index in [9.17, 15) is 9.90 Å². The summed E-state index contributed by atoms with van der Waals surface area (Å²) >= 11 is 0. The molecule has 0 aromatic heterocycles. The van der Waals surface area contributed by atoms with Gasteiger partial charge in [0.05, 0.1) is 32.7 Å². The van der Waals surface area contributed by atoms with E-state index in [0.29, 0.717) is 13.0 Å². The van der Waals surface area contributed by atoms with Gasteiger partial charge in [-0.15, -0.1) is 0 Å². The van der Waals surface area contributed by atoms with E-state index < -0.39 is 5.97 Å². The number of rotatable bonds is 9. The van der Waals surface area contributed by atoms with E-state index in [0.717, 1.165) is 6.42 Å². The lowest BCUT2D eigenvalue weighted by atomic mass is 10.2. The highest BCUT2D eigenvalue weighted by Crippen LogP contribution is 2.37. The van der Waals surface area contributed by atoms with Crippen molar-refractivity contribution in [3.8, 4) is 17.2 Å². The van der Waals surface area contributed by atoms with Crippen LogP contribution in [-0.2, 0) is 4.74 Å². The zero-order valence-corrected chi connectivity index (χ0v) is 12.7. The molecule has 0 saturated carbocycles. The Kier molecular flexibility index (Phi) is 7.55. The second-order valence-corrected chi connectivity index (χ2v) is 4.27. The maximum absolute atomic E-state index is 12.0. The molecule has 1 aromatic carbocycles. The molecular weight excluding hydrogens is 290 g/mol. The topological polar surface area (TPSA) is 115 Å². The Morgan fingerprint density at radius 3 is 2.50 bits per heavy atom. The van der Waals surface area contributed by atoms with Crippen LogP contribution in [0.2, 0.25) is 0 Å². The maximum atomic E-state index is 12.0. The van der Waals surface area contributed by atoms with Crippen LogP contribution in [0.3, 0.4) is 0 Å². The smallest absolute Gasteiger partial charge is 0.338 e. The zero-order chi connectivity index (χ0) is 16.4. The molecule has 0 spiro atoms. The summed E-state index contributed by atoms with van der Waals surface area (Å²) in [4.78, 5) is 15.9. The fourth-order valence-electron chi connectivity index (χ4n) is 1.68. The highest BCUT2D eigenvalue weighted by molar-refractivity contribution is 5.91. The molecule has 4 N–H and O–H groups in total. The minimum absolute atomic E-state index is 0.148. The first-order chi connectivity index (χ1) is 10.6. The van der Waals surface area contributed by atoms with Gasteiger partial charge in [0, 0.05) is 6.54 Å². The van der Waals surface area contributed by atoms with Crippen LogP contribution in [0.4, 0.5) is 0 Å². The minimum atomic E-state index is -0.510. The number of hydrazine groups is 1. The van der Waals surface area contributed by atoms with E-state index in [4.69, 9.17) is 20.1 Å². The third kappa shape index (κ3) is 5.13. The molecular formula is C14H21N3O5. The standard InChI is InChI=1S/C14H21N3O5/c1-20-11-7-10(8-12(21-2)13(11)18)14(19)22-6-4-3-5-16-9-17-15/h7-9,18H,3-6,15H2,1-2H3,(H,16,17). The lowest BCUT2D eigenvalue weighted by Crippen LogP contribution is -2.19. The molecule has 1 rings (SSSR count). The number of benzene rings is 1. The second kappa shape index (κ2) is 9.46. The van der Waals surface area contributed by atoms with Crippen LogP contribution in [0.25, 0.3) is 0 Å². The van der Waals surface area contributed by atoms with Crippen molar-refractivity contribution in [2.45, 2.75) is 12.8 Å². The number of nitrogens with two attached hydrogens (primary N) is 1. The van der Waals surface area contributed by atoms with Gasteiger partial charge in [0.1, 0.15) is 0 Å². The first-order valence-corrected chi connectivity index (χ1v) is 6.70. The summed E-state index contributed by atoms with van der Waals surface area (Å²) in [6.07, 6.45) is 2.86. The average molecular weight is 311 g/mol. The predicted molar refractivity (Wildman–Crippen MR) is 81.4 cm³/mol. The van der Waals surface area contributed by atoms with E-state index >= 15 is 0 Å². The average Bonchev–Trinajstić information content (AvgIpc) is 2.54. The van der Waals surface area contributed by atoms with Crippen LogP contribution in [0.15, 0.2) is 17.1 Å². The Hall–Kier alpha value is -2.48. The zero-order valence-electron chi connectivity index (χ0n) is 12.7. The van der Waals surface area contributed by atoms with Crippen LogP contribution in [0.1, 0.15) is 23.2 Å². The molecule has 0 saturated heterocycles. The number of unbranched alkanes of at least 4 members (excludes halogenated alkanes) is 1. The number of aromatic hydroxyl groups is 1. The fraction of sp³-hybridized carbons (Fsp3) is 0.429. The van der Waals surface area contributed by atoms with Gasteiger partial charge in [-0.25, -0.2) is 10.6 Å². The predicted octanol–water partition coefficient (Wildman–Crippen LogP) is 0.838. The molecule has 0 aliphatic rings. The molecule has 8 heteroatoms. The molecule has 8 nitrogen and oxygen atoms in total. The Labute approximate surface area is 128 Å². The number of hydrogen-bond donors (Lipinski definition) is 3. The number of phenolic OH excluding ortho intramolecular Hbond substituents is 1. The van der Waals surface area contributed by atoms with E-state index in [1.54, 1.807) is 0 Å². The van der Waals surface area contributed by atoms with Gasteiger partial charge < -0.3 is 24.7 Å². The Morgan fingerprint density at radius 2 is 1.95 bits per heavy atom. The van der Waals surface area contributed by atoms with Crippen LogP contribution in [0.5, 0.6) is 17.2 Å². The van der Waals surface area contributed by atoms with Gasteiger partial charge in [-0.05, 0) is 25.0 Å². The third-order valence-corrected chi connectivity index (χ3v) is 2.80. The number of hydrogen-bond acceptors (Lipinski definition) is 7. The molecule has 0 fully saturated rings. The fourth-order valence-corrected chi connectivity index (χ4v) is 1.68. The van der Waals surface area contributed by atoms with Crippen LogP contribution < -0.4 is 20.7 Å². The van der Waals surface area contributed by atoms with Crippen molar-refractivity contribution in [1.29, 1.82) is 0 Å². The normalized spacial score (nSPS) is 10.5. The lowest BCUT2D eigenvalue weighted by Gasteiger charge is -2.11. The molecule has 0 heterocycles. The lowest BCUT2D eigenvalue weighted by molar-refractivity contribution is 0.0498. The number of nitrogens with zero attached hydrogens (tertiary/aromatic N) is 1. The van der Waals surface area contributed by atoms with Crippen molar-refractivity contribution in [2.24, 2.45) is 10.8 Å². The minimum Gasteiger partial charge on any atom is -0.502 e. The summed E-state index contributed by atoms with van der Waals surface area (Å²) in [6.45, 7) is 0.874. The van der Waals surface area contributed by atoms with Crippen molar-refractivity contribution in [3.63, 3.8) is 0 Å². The summed E-state index contributed by atoms with van der Waals surface area (Å²) < 4.78 is 15.1. The van der Waals surface area contributed by atoms with E-state index in [-0.39, 0.29) is 29.4 Å². The van der Waals surface area contributed by atoms with Crippen molar-refractivity contribution in [2.75, 3.05) is 27.4 Å². The van der Waals surface area contributed by atoms with Crippen molar-refractivity contribution in [3.05, 3.63) is 17.7 Å². The van der Waals surface area contributed by atoms with Crippen LogP contribution >= 0.6 is 0 Å². The quantitative estimate of drug-likeness (QED) is 0.154. The molecule has 0 atom stereocenters. The van der Waals surface area contributed by atoms with Crippen LogP contribution in [-0.4, -0.2) is 44.8 Å². The maximum Gasteiger partial charge on any atom is 0.338 e. The molecule has 0 bridgehead atoms. The monoisotopic (exact) mass is 311 g/mol. The molecule has 22 heavy (non-hydrogen) atoms. The summed E-state index contributed by atoms with van der Waals surface area (Å²) in [7, 11) is 2.78. The van der Waals surface area contributed by atoms with Gasteiger partial charge >= 0.3 is 5.97 Å². The van der Waals surface area contributed by atoms with Gasteiger partial charge in [0.2, 0.25) is 5.75 Å². The number of phenols is 1. The van der Waals surface area contributed by atoms with Crippen molar-refractivity contribution >= 4 is 12.3 Å². The molecule has 0 aliphatic heterocycles. The number of nitrogens with one attached hydrogen (secondary N) is 1. The summed E-state index contributed by atoms with van der Waals surface area (Å²) in [6, 6.07) is 2.80. The summed E-state index contributed by atoms with van der Waals surface area (Å²) in [5, 5.41) is 9.78. The highest BCUT2D eigenvalue weighted by Gasteiger charge is 2.16. The molecule has 0 amide bonds. The molecule has 0 radical (unpaired) electrons. The van der Waals surface area contributed by atoms with E-state index in [1.807, 2.05) is 0 Å². The van der Waals surface area contributed by atoms with Gasteiger partial charge in [-0.1, -0.05) is 0 Å². The van der Waals surface area contributed by atoms with E-state index in [1.165, 1.54) is 32.7 Å². The second-order valence-electron chi connectivity index (χ2n) is 4.27. The summed E-state index contributed by atoms with van der Waals surface area (Å²) in [5.74, 6) is 4.65. The number of carbonyl (C=O) groups excluding carboxylic acids is 1. The largest absolute Gasteiger partial charge is 0.502 e. The number of ether oxygens (including phenoxy) is 3. The number of aliphatic imine (C=N–C) groups is 1. The molecule has 0 unspecified atom stereocenters. The van der Waals surface area contributed by atoms with Crippen molar-refractivity contribution < 1.29 is 24.1 Å². The highest BCUT2D eigenvalue weighted by atomic mass is 16.5. The first-order valence-electron chi connectivity index (χ1n) is 6.70. The third-order valence-electron chi connectivity index (χ3n) is 2.80. The molecule has 1 aromatic rings. The number of methoxy groups -OCH3 is 2. The van der Waals surface area contributed by atoms with Gasteiger partial charge in [0.25, 0.3) is 0 Å². The summed E-state index contributed by atoms with van der Waals surface area (Å²) in [5.41, 5.74) is 2.55. The van der Waals surface area contributed by atoms with Crippen LogP contribution in [0, 0.1) is 0 Å². The Balaban J connectivity index is 2.53. The molecule has 122 valence electrons. The number of esters is 1. The van der Waals surface area contributed by atoms with Crippen molar-refractivity contribution in [1.82, 2.24) is 5.43 Å². The Bertz CT molecular complexity index is 494. The van der Waals surface area contributed by atoms with Gasteiger partial charge in [0.15, 0.2) is 11.5 Å². The van der Waals surface area contributed by atoms with E-state index in [2.05, 4.69) is 10.4 Å². The molecule has 0 aliphatic carbocycles. The number of carbonyl (C=O) groups is 1. The van der Waals surface area contributed by atoms with Gasteiger partial charge in [-0.2, -0.15) is 0 Å². The first kappa shape index (κ1) is 17.6. The van der Waals surface area contributed by atoms with Gasteiger partial charge in [-0.3, -0.25) is 4.99 Å². The SMILES string of the molecule is COc1cc(C(=O)OCCCCN=CNN)cc(OC)c1O. The Morgan fingerprint density at radius 1 is 1.32 bits per heavy atom.